The molecule has 3 rings (SSSR count). The molecule has 1 N–H and O–H groups in total. The largest absolute Gasteiger partial charge is 0.344 e. The fourth-order valence-corrected chi connectivity index (χ4v) is 3.70. The molecule has 118 valence electrons. The lowest BCUT2D eigenvalue weighted by Crippen LogP contribution is -2.52. The molecule has 21 heavy (non-hydrogen) atoms. The van der Waals surface area contributed by atoms with E-state index < -0.39 is 0 Å². The maximum absolute atomic E-state index is 12.8. The second-order valence-electron chi connectivity index (χ2n) is 6.74. The minimum absolute atomic E-state index is 0.0474. The van der Waals surface area contributed by atoms with Gasteiger partial charge in [0.1, 0.15) is 6.04 Å². The quantitative estimate of drug-likeness (QED) is 0.841. The lowest BCUT2D eigenvalue weighted by Gasteiger charge is -2.38. The monoisotopic (exact) mass is 293 g/mol. The average Bonchev–Trinajstić information content (AvgIpc) is 3.31. The summed E-state index contributed by atoms with van der Waals surface area (Å²) in [5.41, 5.74) is 0. The van der Waals surface area contributed by atoms with E-state index in [0.29, 0.717) is 24.9 Å². The van der Waals surface area contributed by atoms with Crippen LogP contribution >= 0.6 is 0 Å². The number of hydrogen-bond donors (Lipinski definition) is 1. The van der Waals surface area contributed by atoms with E-state index in [1.807, 2.05) is 4.90 Å². The third-order valence-corrected chi connectivity index (χ3v) is 5.08. The molecule has 5 heteroatoms. The maximum Gasteiger partial charge on any atom is 0.245 e. The zero-order valence-electron chi connectivity index (χ0n) is 13.0. The van der Waals surface area contributed by atoms with Crippen LogP contribution in [-0.4, -0.2) is 59.9 Å². The highest BCUT2D eigenvalue weighted by atomic mass is 16.2. The van der Waals surface area contributed by atoms with Crippen molar-refractivity contribution in [3.05, 3.63) is 0 Å². The van der Waals surface area contributed by atoms with Crippen molar-refractivity contribution in [3.63, 3.8) is 0 Å². The normalized spacial score (nSPS) is 29.4. The van der Waals surface area contributed by atoms with Crippen LogP contribution in [-0.2, 0) is 9.59 Å². The topological polar surface area (TPSA) is 52.6 Å². The highest BCUT2D eigenvalue weighted by molar-refractivity contribution is 5.90. The Kier molecular flexibility index (Phi) is 4.48. The van der Waals surface area contributed by atoms with Crippen LogP contribution in [0.2, 0.25) is 0 Å². The molecule has 2 heterocycles. The molecule has 1 unspecified atom stereocenters. The Morgan fingerprint density at radius 3 is 2.43 bits per heavy atom. The smallest absolute Gasteiger partial charge is 0.245 e. The fraction of sp³-hybridized carbons (Fsp3) is 0.875. The molecule has 1 aliphatic carbocycles. The first kappa shape index (κ1) is 14.8. The third kappa shape index (κ3) is 3.39. The molecule has 0 aromatic rings. The predicted molar refractivity (Wildman–Crippen MR) is 80.7 cm³/mol. The molecule has 1 atom stereocenters. The number of rotatable bonds is 4. The standard InChI is InChI=1S/C16H27N3O2/c1-2-8-18-9-5-13(6-10-18)19-11-7-14(20)17-15(16(19)21)12-3-4-12/h12-13,15H,2-11H2,1H3,(H,17,20). The fourth-order valence-electron chi connectivity index (χ4n) is 3.70. The van der Waals surface area contributed by atoms with Crippen molar-refractivity contribution in [1.82, 2.24) is 15.1 Å². The molecule has 1 saturated carbocycles. The van der Waals surface area contributed by atoms with Crippen molar-refractivity contribution in [2.75, 3.05) is 26.2 Å². The summed E-state index contributed by atoms with van der Waals surface area (Å²) < 4.78 is 0. The van der Waals surface area contributed by atoms with E-state index in [0.717, 1.165) is 45.3 Å². The van der Waals surface area contributed by atoms with E-state index in [-0.39, 0.29) is 17.9 Å². The summed E-state index contributed by atoms with van der Waals surface area (Å²) in [6.45, 7) is 6.13. The van der Waals surface area contributed by atoms with Gasteiger partial charge in [0.05, 0.1) is 0 Å². The number of amides is 2. The molecule has 0 aromatic heterocycles. The Labute approximate surface area is 127 Å². The molecular formula is C16H27N3O2. The Bertz CT molecular complexity index is 400. The van der Waals surface area contributed by atoms with Crippen LogP contribution < -0.4 is 5.32 Å². The SMILES string of the molecule is CCCN1CCC(N2CCC(=O)NC(C3CC3)C2=O)CC1. The maximum atomic E-state index is 12.8. The Morgan fingerprint density at radius 2 is 1.81 bits per heavy atom. The number of carbonyl (C=O) groups excluding carboxylic acids is 2. The Morgan fingerprint density at radius 1 is 1.10 bits per heavy atom. The first-order chi connectivity index (χ1) is 10.2. The van der Waals surface area contributed by atoms with Gasteiger partial charge in [-0.15, -0.1) is 0 Å². The first-order valence-electron chi connectivity index (χ1n) is 8.51. The van der Waals surface area contributed by atoms with E-state index in [4.69, 9.17) is 0 Å². The van der Waals surface area contributed by atoms with E-state index in [9.17, 15) is 9.59 Å². The molecule has 5 nitrogen and oxygen atoms in total. The van der Waals surface area contributed by atoms with Crippen LogP contribution in [0.1, 0.15) is 45.4 Å². The van der Waals surface area contributed by atoms with Gasteiger partial charge in [-0.05, 0) is 44.6 Å². The van der Waals surface area contributed by atoms with Crippen LogP contribution in [0.4, 0.5) is 0 Å². The van der Waals surface area contributed by atoms with Crippen molar-refractivity contribution >= 4 is 11.8 Å². The van der Waals surface area contributed by atoms with Crippen molar-refractivity contribution in [2.45, 2.75) is 57.5 Å². The first-order valence-corrected chi connectivity index (χ1v) is 8.51. The Balaban J connectivity index is 1.63. The summed E-state index contributed by atoms with van der Waals surface area (Å²) >= 11 is 0. The van der Waals surface area contributed by atoms with Crippen LogP contribution in [0.3, 0.4) is 0 Å². The molecule has 0 aromatic carbocycles. The number of nitrogens with zero attached hydrogens (tertiary/aromatic N) is 2. The van der Waals surface area contributed by atoms with Gasteiger partial charge < -0.3 is 15.1 Å². The molecule has 0 radical (unpaired) electrons. The summed E-state index contributed by atoms with van der Waals surface area (Å²) in [4.78, 5) is 29.1. The van der Waals surface area contributed by atoms with Crippen molar-refractivity contribution in [3.8, 4) is 0 Å². The number of likely N-dealkylation sites (tertiary alicyclic amines) is 1. The highest BCUT2D eigenvalue weighted by Crippen LogP contribution is 2.35. The zero-order chi connectivity index (χ0) is 14.8. The summed E-state index contributed by atoms with van der Waals surface area (Å²) in [6, 6.07) is 0.0910. The van der Waals surface area contributed by atoms with Gasteiger partial charge in [0, 0.05) is 32.1 Å². The molecule has 2 saturated heterocycles. The van der Waals surface area contributed by atoms with E-state index >= 15 is 0 Å². The van der Waals surface area contributed by atoms with Crippen molar-refractivity contribution in [1.29, 1.82) is 0 Å². The van der Waals surface area contributed by atoms with Crippen molar-refractivity contribution < 1.29 is 9.59 Å². The molecule has 0 bridgehead atoms. The van der Waals surface area contributed by atoms with Gasteiger partial charge in [-0.3, -0.25) is 9.59 Å². The van der Waals surface area contributed by atoms with Gasteiger partial charge in [0.2, 0.25) is 11.8 Å². The van der Waals surface area contributed by atoms with E-state index in [2.05, 4.69) is 17.1 Å². The van der Waals surface area contributed by atoms with Gasteiger partial charge in [-0.1, -0.05) is 6.92 Å². The molecule has 3 aliphatic rings. The van der Waals surface area contributed by atoms with Gasteiger partial charge >= 0.3 is 0 Å². The van der Waals surface area contributed by atoms with Crippen LogP contribution in [0.25, 0.3) is 0 Å². The lowest BCUT2D eigenvalue weighted by molar-refractivity contribution is -0.137. The second-order valence-corrected chi connectivity index (χ2v) is 6.74. The van der Waals surface area contributed by atoms with Gasteiger partial charge in [-0.2, -0.15) is 0 Å². The minimum Gasteiger partial charge on any atom is -0.344 e. The van der Waals surface area contributed by atoms with E-state index in [1.165, 1.54) is 6.42 Å². The summed E-state index contributed by atoms with van der Waals surface area (Å²) in [5, 5.41) is 2.95. The molecular weight excluding hydrogens is 266 g/mol. The van der Waals surface area contributed by atoms with Gasteiger partial charge in [0.15, 0.2) is 0 Å². The van der Waals surface area contributed by atoms with Crippen LogP contribution in [0.15, 0.2) is 0 Å². The number of hydrogen-bond acceptors (Lipinski definition) is 3. The highest BCUT2D eigenvalue weighted by Gasteiger charge is 2.42. The Hall–Kier alpha value is -1.10. The predicted octanol–water partition coefficient (Wildman–Crippen LogP) is 0.988. The van der Waals surface area contributed by atoms with Gasteiger partial charge in [0.25, 0.3) is 0 Å². The second kappa shape index (κ2) is 6.34. The van der Waals surface area contributed by atoms with Crippen molar-refractivity contribution in [2.24, 2.45) is 5.92 Å². The van der Waals surface area contributed by atoms with Crippen LogP contribution in [0.5, 0.6) is 0 Å². The number of carbonyl (C=O) groups is 2. The van der Waals surface area contributed by atoms with Crippen LogP contribution in [0, 0.1) is 5.92 Å². The summed E-state index contributed by atoms with van der Waals surface area (Å²) in [5.74, 6) is 0.616. The molecule has 2 aliphatic heterocycles. The number of piperidine rings is 1. The molecule has 3 fully saturated rings. The third-order valence-electron chi connectivity index (χ3n) is 5.08. The molecule has 0 spiro atoms. The number of nitrogens with one attached hydrogen (secondary N) is 1. The summed E-state index contributed by atoms with van der Waals surface area (Å²) in [7, 11) is 0. The molecule has 2 amide bonds. The van der Waals surface area contributed by atoms with Gasteiger partial charge in [-0.25, -0.2) is 0 Å². The lowest BCUT2D eigenvalue weighted by atomic mass is 10.0. The zero-order valence-corrected chi connectivity index (χ0v) is 13.0. The average molecular weight is 293 g/mol. The van der Waals surface area contributed by atoms with E-state index in [1.54, 1.807) is 0 Å². The minimum atomic E-state index is -0.242. The summed E-state index contributed by atoms with van der Waals surface area (Å²) in [6.07, 6.45) is 5.92.